The Morgan fingerprint density at radius 1 is 1.67 bits per heavy atom. The van der Waals surface area contributed by atoms with Gasteiger partial charge in [-0.25, -0.2) is 5.06 Å². The fourth-order valence-corrected chi connectivity index (χ4v) is 0.842. The van der Waals surface area contributed by atoms with Crippen molar-refractivity contribution in [1.82, 2.24) is 10.0 Å². The minimum atomic E-state index is 0.301. The third-order valence-corrected chi connectivity index (χ3v) is 1.47. The lowest BCUT2D eigenvalue weighted by atomic mass is 10.2. The van der Waals surface area contributed by atoms with Crippen molar-refractivity contribution >= 4 is 6.41 Å². The molecule has 0 aliphatic heterocycles. The zero-order chi connectivity index (χ0) is 8.81. The van der Waals surface area contributed by atoms with Crippen molar-refractivity contribution in [2.24, 2.45) is 0 Å². The molecule has 1 aromatic rings. The lowest BCUT2D eigenvalue weighted by Crippen LogP contribution is -2.19. The average Bonchev–Trinajstić information content (AvgIpc) is 2.16. The van der Waals surface area contributed by atoms with E-state index in [-0.39, 0.29) is 0 Å². The van der Waals surface area contributed by atoms with Gasteiger partial charge in [-0.1, -0.05) is 6.07 Å². The second-order valence-electron chi connectivity index (χ2n) is 2.38. The molecule has 1 heterocycles. The van der Waals surface area contributed by atoms with Crippen LogP contribution < -0.4 is 0 Å². The molecular formula is C8H10N2O2. The summed E-state index contributed by atoms with van der Waals surface area (Å²) >= 11 is 0. The van der Waals surface area contributed by atoms with Gasteiger partial charge in [0.1, 0.15) is 0 Å². The summed E-state index contributed by atoms with van der Waals surface area (Å²) in [6, 6.07) is 3.71. The normalized spacial score (nSPS) is 9.42. The minimum Gasteiger partial charge on any atom is -0.286 e. The number of amides is 1. The second-order valence-corrected chi connectivity index (χ2v) is 2.38. The molecule has 1 amide bonds. The van der Waals surface area contributed by atoms with Crippen LogP contribution >= 0.6 is 0 Å². The molecule has 0 aromatic carbocycles. The van der Waals surface area contributed by atoms with Crippen LogP contribution in [0.15, 0.2) is 24.5 Å². The van der Waals surface area contributed by atoms with Gasteiger partial charge >= 0.3 is 0 Å². The molecule has 1 aromatic heterocycles. The highest BCUT2D eigenvalue weighted by molar-refractivity contribution is 5.44. The van der Waals surface area contributed by atoms with Crippen LogP contribution in [0.3, 0.4) is 0 Å². The lowest BCUT2D eigenvalue weighted by molar-refractivity contribution is -0.149. The summed E-state index contributed by atoms with van der Waals surface area (Å²) in [7, 11) is 0. The number of aromatic nitrogens is 1. The molecule has 0 atom stereocenters. The first-order valence-corrected chi connectivity index (χ1v) is 3.62. The number of hydrogen-bond acceptors (Lipinski definition) is 3. The molecule has 0 radical (unpaired) electrons. The molecule has 64 valence electrons. The summed E-state index contributed by atoms with van der Waals surface area (Å²) < 4.78 is 0. The van der Waals surface area contributed by atoms with Crippen molar-refractivity contribution in [1.29, 1.82) is 0 Å². The van der Waals surface area contributed by atoms with Crippen LogP contribution in [0.4, 0.5) is 0 Å². The maximum Gasteiger partial charge on any atom is 0.233 e. The van der Waals surface area contributed by atoms with E-state index < -0.39 is 0 Å². The number of rotatable bonds is 4. The Kier molecular flexibility index (Phi) is 3.22. The molecule has 4 heteroatoms. The molecule has 1 N–H and O–H groups in total. The van der Waals surface area contributed by atoms with E-state index in [0.717, 1.165) is 5.56 Å². The highest BCUT2D eigenvalue weighted by Crippen LogP contribution is 1.96. The summed E-state index contributed by atoms with van der Waals surface area (Å²) in [5.41, 5.74) is 0.999. The van der Waals surface area contributed by atoms with Gasteiger partial charge in [0, 0.05) is 12.4 Å². The van der Waals surface area contributed by atoms with Gasteiger partial charge < -0.3 is 0 Å². The van der Waals surface area contributed by atoms with Crippen molar-refractivity contribution in [2.45, 2.75) is 6.42 Å². The predicted octanol–water partition coefficient (Wildman–Crippen LogP) is 0.472. The third-order valence-electron chi connectivity index (χ3n) is 1.47. The van der Waals surface area contributed by atoms with E-state index in [1.54, 1.807) is 12.4 Å². The molecule has 1 rings (SSSR count). The van der Waals surface area contributed by atoms with Gasteiger partial charge in [0.25, 0.3) is 0 Å². The Bertz CT molecular complexity index is 238. The molecule has 0 saturated heterocycles. The van der Waals surface area contributed by atoms with E-state index >= 15 is 0 Å². The summed E-state index contributed by atoms with van der Waals surface area (Å²) in [6.07, 6.45) is 4.39. The van der Waals surface area contributed by atoms with Gasteiger partial charge in [-0.3, -0.25) is 15.0 Å². The molecule has 0 spiro atoms. The van der Waals surface area contributed by atoms with Gasteiger partial charge in [0.2, 0.25) is 6.41 Å². The number of hydroxylamine groups is 2. The standard InChI is InChI=1S/C8H10N2O2/c11-7-10(12)5-3-8-2-1-4-9-6-8/h1-2,4,6-7,12H,3,5H2. The lowest BCUT2D eigenvalue weighted by Gasteiger charge is -2.06. The quantitative estimate of drug-likeness (QED) is 0.402. The van der Waals surface area contributed by atoms with Crippen molar-refractivity contribution in [3.8, 4) is 0 Å². The summed E-state index contributed by atoms with van der Waals surface area (Å²) in [6.45, 7) is 0.301. The Morgan fingerprint density at radius 3 is 3.08 bits per heavy atom. The molecule has 0 fully saturated rings. The van der Waals surface area contributed by atoms with Gasteiger partial charge in [-0.05, 0) is 18.1 Å². The van der Waals surface area contributed by atoms with E-state index in [4.69, 9.17) is 5.21 Å². The topological polar surface area (TPSA) is 53.4 Å². The fraction of sp³-hybridized carbons (Fsp3) is 0.250. The van der Waals surface area contributed by atoms with Crippen molar-refractivity contribution in [3.63, 3.8) is 0 Å². The predicted molar refractivity (Wildman–Crippen MR) is 42.5 cm³/mol. The Balaban J connectivity index is 2.38. The number of pyridine rings is 1. The molecule has 0 aliphatic carbocycles. The van der Waals surface area contributed by atoms with E-state index in [1.807, 2.05) is 12.1 Å². The van der Waals surface area contributed by atoms with Crippen LogP contribution in [0.2, 0.25) is 0 Å². The van der Waals surface area contributed by atoms with E-state index in [1.165, 1.54) is 0 Å². The molecule has 0 aliphatic rings. The van der Waals surface area contributed by atoms with Crippen molar-refractivity contribution < 1.29 is 10.0 Å². The Labute approximate surface area is 70.4 Å². The molecular weight excluding hydrogens is 156 g/mol. The monoisotopic (exact) mass is 166 g/mol. The van der Waals surface area contributed by atoms with Crippen LogP contribution in [-0.4, -0.2) is 28.2 Å². The number of carbonyl (C=O) groups excluding carboxylic acids is 1. The van der Waals surface area contributed by atoms with Crippen LogP contribution in [-0.2, 0) is 11.2 Å². The van der Waals surface area contributed by atoms with E-state index in [9.17, 15) is 4.79 Å². The molecule has 12 heavy (non-hydrogen) atoms. The largest absolute Gasteiger partial charge is 0.286 e. The van der Waals surface area contributed by atoms with E-state index in [2.05, 4.69) is 4.98 Å². The molecule has 0 saturated carbocycles. The van der Waals surface area contributed by atoms with Gasteiger partial charge in [0.05, 0.1) is 6.54 Å². The smallest absolute Gasteiger partial charge is 0.233 e. The van der Waals surface area contributed by atoms with Crippen LogP contribution in [0, 0.1) is 0 Å². The minimum absolute atomic E-state index is 0.301. The molecule has 4 nitrogen and oxygen atoms in total. The summed E-state index contributed by atoms with van der Waals surface area (Å²) in [4.78, 5) is 13.9. The fourth-order valence-electron chi connectivity index (χ4n) is 0.842. The van der Waals surface area contributed by atoms with Crippen molar-refractivity contribution in [2.75, 3.05) is 6.54 Å². The Hall–Kier alpha value is -1.42. The first-order valence-electron chi connectivity index (χ1n) is 3.62. The Morgan fingerprint density at radius 2 is 2.50 bits per heavy atom. The van der Waals surface area contributed by atoms with Gasteiger partial charge in [0.15, 0.2) is 0 Å². The van der Waals surface area contributed by atoms with Crippen LogP contribution in [0.1, 0.15) is 5.56 Å². The highest BCUT2D eigenvalue weighted by Gasteiger charge is 1.96. The zero-order valence-corrected chi connectivity index (χ0v) is 6.55. The molecule has 0 bridgehead atoms. The SMILES string of the molecule is O=CN(O)CCc1cccnc1. The van der Waals surface area contributed by atoms with Crippen molar-refractivity contribution in [3.05, 3.63) is 30.1 Å². The number of hydrogen-bond donors (Lipinski definition) is 1. The van der Waals surface area contributed by atoms with Crippen LogP contribution in [0.5, 0.6) is 0 Å². The second kappa shape index (κ2) is 4.46. The maximum atomic E-state index is 9.99. The summed E-state index contributed by atoms with van der Waals surface area (Å²) in [5, 5.41) is 9.38. The zero-order valence-electron chi connectivity index (χ0n) is 6.55. The van der Waals surface area contributed by atoms with E-state index in [0.29, 0.717) is 24.4 Å². The van der Waals surface area contributed by atoms with Gasteiger partial charge in [-0.2, -0.15) is 0 Å². The average molecular weight is 166 g/mol. The maximum absolute atomic E-state index is 9.99. The first-order chi connectivity index (χ1) is 5.83. The number of carbonyl (C=O) groups is 1. The third kappa shape index (κ3) is 2.67. The number of nitrogens with zero attached hydrogens (tertiary/aromatic N) is 2. The highest BCUT2D eigenvalue weighted by atomic mass is 16.5. The first kappa shape index (κ1) is 8.67. The molecule has 0 unspecified atom stereocenters. The van der Waals surface area contributed by atoms with Crippen LogP contribution in [0.25, 0.3) is 0 Å². The van der Waals surface area contributed by atoms with Gasteiger partial charge in [-0.15, -0.1) is 0 Å². The summed E-state index contributed by atoms with van der Waals surface area (Å²) in [5.74, 6) is 0.